The fraction of sp³-hybridized carbons (Fsp3) is 0.125. The molecule has 30 heavy (non-hydrogen) atoms. The molecule has 4 aromatic rings. The standard InChI is InChI=1S/C24H20O5S/c1-15-9-11-18(12-10-15)23-24(29-30(26,27)19-7-5-4-6-8-19)21(25)20-14-16(2)13-17(3)22(20)28-23/h4-14H,1-3H3. The summed E-state index contributed by atoms with van der Waals surface area (Å²) in [5.74, 6) is -0.265. The van der Waals surface area contributed by atoms with Crippen molar-refractivity contribution in [3.8, 4) is 17.1 Å². The zero-order chi connectivity index (χ0) is 21.5. The van der Waals surface area contributed by atoms with Gasteiger partial charge < -0.3 is 8.60 Å². The van der Waals surface area contributed by atoms with Crippen LogP contribution in [0.3, 0.4) is 0 Å². The van der Waals surface area contributed by atoms with Crippen LogP contribution in [0.4, 0.5) is 0 Å². The van der Waals surface area contributed by atoms with E-state index < -0.39 is 15.5 Å². The fourth-order valence-corrected chi connectivity index (χ4v) is 4.31. The highest BCUT2D eigenvalue weighted by Crippen LogP contribution is 2.34. The van der Waals surface area contributed by atoms with E-state index in [1.54, 1.807) is 36.4 Å². The highest BCUT2D eigenvalue weighted by atomic mass is 32.2. The van der Waals surface area contributed by atoms with Crippen LogP contribution in [0, 0.1) is 20.8 Å². The number of rotatable bonds is 4. The summed E-state index contributed by atoms with van der Waals surface area (Å²) in [6.07, 6.45) is 0. The van der Waals surface area contributed by atoms with Crippen LogP contribution in [0.25, 0.3) is 22.3 Å². The van der Waals surface area contributed by atoms with Crippen molar-refractivity contribution in [3.63, 3.8) is 0 Å². The van der Waals surface area contributed by atoms with Crippen molar-refractivity contribution < 1.29 is 17.0 Å². The van der Waals surface area contributed by atoms with Gasteiger partial charge in [0.15, 0.2) is 5.76 Å². The van der Waals surface area contributed by atoms with Gasteiger partial charge >= 0.3 is 10.1 Å². The van der Waals surface area contributed by atoms with Crippen molar-refractivity contribution >= 4 is 21.1 Å². The summed E-state index contributed by atoms with van der Waals surface area (Å²) in [7, 11) is -4.22. The Hall–Kier alpha value is -3.38. The monoisotopic (exact) mass is 420 g/mol. The lowest BCUT2D eigenvalue weighted by molar-refractivity contribution is 0.471. The van der Waals surface area contributed by atoms with Crippen LogP contribution in [0.2, 0.25) is 0 Å². The summed E-state index contributed by atoms with van der Waals surface area (Å²) in [4.78, 5) is 13.3. The molecule has 0 saturated carbocycles. The molecule has 0 unspecified atom stereocenters. The van der Waals surface area contributed by atoms with Crippen molar-refractivity contribution in [1.82, 2.24) is 0 Å². The number of fused-ring (bicyclic) bond motifs is 1. The Morgan fingerprint density at radius 3 is 2.17 bits per heavy atom. The lowest BCUT2D eigenvalue weighted by Gasteiger charge is -2.13. The number of hydrogen-bond acceptors (Lipinski definition) is 5. The molecule has 0 bridgehead atoms. The summed E-state index contributed by atoms with van der Waals surface area (Å²) in [6, 6.07) is 18.5. The van der Waals surface area contributed by atoms with Gasteiger partial charge in [0.25, 0.3) is 0 Å². The van der Waals surface area contributed by atoms with Gasteiger partial charge in [-0.15, -0.1) is 0 Å². The highest BCUT2D eigenvalue weighted by molar-refractivity contribution is 7.87. The summed E-state index contributed by atoms with van der Waals surface area (Å²) < 4.78 is 37.2. The second kappa shape index (κ2) is 7.46. The van der Waals surface area contributed by atoms with Crippen molar-refractivity contribution in [2.24, 2.45) is 0 Å². The Kier molecular flexibility index (Phi) is 4.95. The minimum atomic E-state index is -4.22. The molecular weight excluding hydrogens is 400 g/mol. The topological polar surface area (TPSA) is 73.6 Å². The highest BCUT2D eigenvalue weighted by Gasteiger charge is 2.25. The van der Waals surface area contributed by atoms with Gasteiger partial charge in [0.1, 0.15) is 10.5 Å². The van der Waals surface area contributed by atoms with E-state index in [1.807, 2.05) is 39.0 Å². The molecule has 0 atom stereocenters. The molecule has 0 saturated heterocycles. The first-order valence-corrected chi connectivity index (χ1v) is 10.8. The van der Waals surface area contributed by atoms with Crippen LogP contribution in [0.1, 0.15) is 16.7 Å². The van der Waals surface area contributed by atoms with Crippen molar-refractivity contribution in [2.75, 3.05) is 0 Å². The molecule has 1 aromatic heterocycles. The van der Waals surface area contributed by atoms with Gasteiger partial charge in [-0.05, 0) is 50.1 Å². The van der Waals surface area contributed by atoms with E-state index in [1.165, 1.54) is 12.1 Å². The normalized spacial score (nSPS) is 11.6. The zero-order valence-electron chi connectivity index (χ0n) is 16.8. The summed E-state index contributed by atoms with van der Waals surface area (Å²) >= 11 is 0. The summed E-state index contributed by atoms with van der Waals surface area (Å²) in [5, 5.41) is 0.279. The molecule has 0 radical (unpaired) electrons. The third kappa shape index (κ3) is 3.62. The Morgan fingerprint density at radius 1 is 0.833 bits per heavy atom. The molecule has 4 rings (SSSR count). The van der Waals surface area contributed by atoms with Crippen LogP contribution in [-0.2, 0) is 10.1 Å². The number of hydrogen-bond donors (Lipinski definition) is 0. The molecule has 5 nitrogen and oxygen atoms in total. The van der Waals surface area contributed by atoms with Crippen LogP contribution in [0.15, 0.2) is 80.8 Å². The van der Waals surface area contributed by atoms with Gasteiger partial charge in [0.2, 0.25) is 11.2 Å². The van der Waals surface area contributed by atoms with Crippen molar-refractivity contribution in [2.45, 2.75) is 25.7 Å². The van der Waals surface area contributed by atoms with Gasteiger partial charge in [0.05, 0.1) is 5.39 Å². The zero-order valence-corrected chi connectivity index (χ0v) is 17.6. The third-order valence-corrected chi connectivity index (χ3v) is 6.05. The van der Waals surface area contributed by atoms with Crippen molar-refractivity contribution in [1.29, 1.82) is 0 Å². The van der Waals surface area contributed by atoms with E-state index >= 15 is 0 Å². The average Bonchev–Trinajstić information content (AvgIpc) is 2.72. The van der Waals surface area contributed by atoms with E-state index in [0.29, 0.717) is 11.1 Å². The molecule has 1 heterocycles. The van der Waals surface area contributed by atoms with Crippen molar-refractivity contribution in [3.05, 3.63) is 93.6 Å². The Labute approximate surface area is 174 Å². The molecule has 6 heteroatoms. The molecule has 0 spiro atoms. The molecule has 0 aliphatic heterocycles. The first kappa shape index (κ1) is 19.9. The largest absolute Gasteiger partial charge is 0.452 e. The van der Waals surface area contributed by atoms with Crippen LogP contribution in [-0.4, -0.2) is 8.42 Å². The smallest absolute Gasteiger partial charge is 0.339 e. The number of aryl methyl sites for hydroxylation is 3. The van der Waals surface area contributed by atoms with Gasteiger partial charge in [-0.3, -0.25) is 4.79 Å². The van der Waals surface area contributed by atoms with E-state index in [4.69, 9.17) is 8.60 Å². The average molecular weight is 420 g/mol. The molecule has 0 aliphatic carbocycles. The Morgan fingerprint density at radius 2 is 1.50 bits per heavy atom. The quantitative estimate of drug-likeness (QED) is 0.427. The third-order valence-electron chi connectivity index (χ3n) is 4.82. The second-order valence-corrected chi connectivity index (χ2v) is 8.81. The Balaban J connectivity index is 2.01. The lowest BCUT2D eigenvalue weighted by atomic mass is 10.0. The Bertz CT molecular complexity index is 1400. The molecule has 0 N–H and O–H groups in total. The summed E-state index contributed by atoms with van der Waals surface area (Å²) in [6.45, 7) is 5.64. The predicted octanol–water partition coefficient (Wildman–Crippen LogP) is 5.15. The summed E-state index contributed by atoms with van der Waals surface area (Å²) in [5.41, 5.74) is 3.11. The van der Waals surface area contributed by atoms with Gasteiger partial charge in [-0.1, -0.05) is 54.1 Å². The predicted molar refractivity (Wildman–Crippen MR) is 116 cm³/mol. The first-order valence-electron chi connectivity index (χ1n) is 9.41. The molecule has 0 fully saturated rings. The minimum absolute atomic E-state index is 0.0419. The first-order chi connectivity index (χ1) is 14.3. The molecular formula is C24H20O5S. The van der Waals surface area contributed by atoms with Gasteiger partial charge in [0, 0.05) is 5.56 Å². The molecule has 0 aliphatic rings. The fourth-order valence-electron chi connectivity index (χ4n) is 3.35. The molecule has 152 valence electrons. The van der Waals surface area contributed by atoms with Gasteiger partial charge in [-0.25, -0.2) is 0 Å². The van der Waals surface area contributed by atoms with Crippen LogP contribution < -0.4 is 9.61 Å². The molecule has 3 aromatic carbocycles. The van der Waals surface area contributed by atoms with E-state index in [0.717, 1.165) is 16.7 Å². The van der Waals surface area contributed by atoms with Gasteiger partial charge in [-0.2, -0.15) is 8.42 Å². The SMILES string of the molecule is Cc1ccc(-c2oc3c(C)cc(C)cc3c(=O)c2OS(=O)(=O)c2ccccc2)cc1. The van der Waals surface area contributed by atoms with E-state index in [-0.39, 0.29) is 21.8 Å². The maximum Gasteiger partial charge on any atom is 0.339 e. The maximum absolute atomic E-state index is 13.4. The maximum atomic E-state index is 13.4. The number of benzene rings is 3. The lowest BCUT2D eigenvalue weighted by Crippen LogP contribution is -2.17. The second-order valence-electron chi connectivity index (χ2n) is 7.26. The van der Waals surface area contributed by atoms with Crippen LogP contribution in [0.5, 0.6) is 5.75 Å². The van der Waals surface area contributed by atoms with E-state index in [2.05, 4.69) is 0 Å². The molecule has 0 amide bonds. The minimum Gasteiger partial charge on any atom is -0.452 e. The van der Waals surface area contributed by atoms with Crippen LogP contribution >= 0.6 is 0 Å². The van der Waals surface area contributed by atoms with E-state index in [9.17, 15) is 13.2 Å².